The molecule has 7 heteroatoms. The maximum absolute atomic E-state index is 11.8. The van der Waals surface area contributed by atoms with E-state index in [0.29, 0.717) is 31.6 Å². The molecule has 1 aliphatic rings. The minimum Gasteiger partial charge on any atom is -0.369 e. The summed E-state index contributed by atoms with van der Waals surface area (Å²) in [5, 5.41) is 9.71. The molecule has 0 aliphatic carbocycles. The largest absolute Gasteiger partial charge is 0.369 e. The van der Waals surface area contributed by atoms with Gasteiger partial charge in [-0.3, -0.25) is 9.59 Å². The van der Waals surface area contributed by atoms with Crippen LogP contribution in [-0.4, -0.2) is 45.2 Å². The van der Waals surface area contributed by atoms with E-state index in [0.717, 1.165) is 0 Å². The van der Waals surface area contributed by atoms with Crippen LogP contribution in [0.4, 0.5) is 0 Å². The highest BCUT2D eigenvalue weighted by atomic mass is 16.2. The molecule has 16 heavy (non-hydrogen) atoms. The molecule has 2 amide bonds. The highest BCUT2D eigenvalue weighted by molar-refractivity contribution is 5.92. The molecule has 2 rings (SSSR count). The number of piperidine rings is 1. The molecule has 1 fully saturated rings. The van der Waals surface area contributed by atoms with Crippen LogP contribution in [0.2, 0.25) is 0 Å². The summed E-state index contributed by atoms with van der Waals surface area (Å²) in [7, 11) is 0. The molecule has 3 N–H and O–H groups in total. The van der Waals surface area contributed by atoms with Crippen LogP contribution in [0.15, 0.2) is 6.20 Å². The summed E-state index contributed by atoms with van der Waals surface area (Å²) in [5.74, 6) is -0.549. The first-order chi connectivity index (χ1) is 7.68. The van der Waals surface area contributed by atoms with Crippen molar-refractivity contribution in [3.05, 3.63) is 11.9 Å². The van der Waals surface area contributed by atoms with Gasteiger partial charge in [-0.05, 0) is 12.8 Å². The number of nitrogens with two attached hydrogens (primary N) is 1. The van der Waals surface area contributed by atoms with Gasteiger partial charge in [0.25, 0.3) is 5.91 Å². The first-order valence-corrected chi connectivity index (χ1v) is 5.13. The predicted molar refractivity (Wildman–Crippen MR) is 54.2 cm³/mol. The summed E-state index contributed by atoms with van der Waals surface area (Å²) in [6, 6.07) is 0. The number of aromatic amines is 1. The van der Waals surface area contributed by atoms with Crippen molar-refractivity contribution in [3.8, 4) is 0 Å². The lowest BCUT2D eigenvalue weighted by Crippen LogP contribution is -2.41. The van der Waals surface area contributed by atoms with Gasteiger partial charge < -0.3 is 10.6 Å². The van der Waals surface area contributed by atoms with E-state index in [9.17, 15) is 9.59 Å². The van der Waals surface area contributed by atoms with Crippen molar-refractivity contribution in [3.63, 3.8) is 0 Å². The lowest BCUT2D eigenvalue weighted by Gasteiger charge is -2.29. The zero-order valence-corrected chi connectivity index (χ0v) is 8.72. The first kappa shape index (κ1) is 10.6. The molecule has 86 valence electrons. The van der Waals surface area contributed by atoms with Crippen molar-refractivity contribution in [2.45, 2.75) is 12.8 Å². The highest BCUT2D eigenvalue weighted by Crippen LogP contribution is 2.17. The van der Waals surface area contributed by atoms with Crippen LogP contribution in [0, 0.1) is 5.92 Å². The van der Waals surface area contributed by atoms with Crippen LogP contribution in [0.1, 0.15) is 23.3 Å². The van der Waals surface area contributed by atoms with Crippen LogP contribution in [0.3, 0.4) is 0 Å². The van der Waals surface area contributed by atoms with Gasteiger partial charge in [-0.15, -0.1) is 0 Å². The first-order valence-electron chi connectivity index (χ1n) is 5.13. The smallest absolute Gasteiger partial charge is 0.276 e. The average Bonchev–Trinajstić information content (AvgIpc) is 2.81. The highest BCUT2D eigenvalue weighted by Gasteiger charge is 2.27. The van der Waals surface area contributed by atoms with Gasteiger partial charge in [-0.1, -0.05) is 0 Å². The number of likely N-dealkylation sites (tertiary alicyclic amines) is 1. The minimum absolute atomic E-state index is 0.110. The topological polar surface area (TPSA) is 105 Å². The Kier molecular flexibility index (Phi) is 2.84. The zero-order valence-electron chi connectivity index (χ0n) is 8.72. The third-order valence-corrected chi connectivity index (χ3v) is 2.82. The van der Waals surface area contributed by atoms with Crippen LogP contribution in [0.5, 0.6) is 0 Å². The minimum atomic E-state index is -0.284. The lowest BCUT2D eigenvalue weighted by atomic mass is 9.96. The fourth-order valence-electron chi connectivity index (χ4n) is 1.83. The molecule has 7 nitrogen and oxygen atoms in total. The van der Waals surface area contributed by atoms with Gasteiger partial charge in [-0.2, -0.15) is 15.4 Å². The van der Waals surface area contributed by atoms with E-state index in [1.54, 1.807) is 4.90 Å². The quantitative estimate of drug-likeness (QED) is 0.680. The molecule has 0 spiro atoms. The molecule has 0 unspecified atom stereocenters. The molecule has 0 atom stereocenters. The Labute approximate surface area is 92.0 Å². The van der Waals surface area contributed by atoms with Crippen LogP contribution < -0.4 is 5.73 Å². The van der Waals surface area contributed by atoms with E-state index in [-0.39, 0.29) is 17.7 Å². The van der Waals surface area contributed by atoms with Gasteiger partial charge in [-0.25, -0.2) is 0 Å². The van der Waals surface area contributed by atoms with E-state index in [1.807, 2.05) is 0 Å². The normalized spacial score (nSPS) is 17.4. The Morgan fingerprint density at radius 3 is 2.62 bits per heavy atom. The fraction of sp³-hybridized carbons (Fsp3) is 0.556. The molecule has 1 aromatic heterocycles. The third kappa shape index (κ3) is 2.02. The molecular formula is C9H13N5O2. The third-order valence-electron chi connectivity index (χ3n) is 2.82. The number of carbonyl (C=O) groups is 2. The Bertz CT molecular complexity index is 381. The van der Waals surface area contributed by atoms with E-state index in [4.69, 9.17) is 5.73 Å². The Hall–Kier alpha value is -1.92. The SMILES string of the molecule is NC(=O)C1CCN(C(=O)c2cn[nH]n2)CC1. The summed E-state index contributed by atoms with van der Waals surface area (Å²) in [6.07, 6.45) is 2.64. The number of nitrogens with one attached hydrogen (secondary N) is 1. The van der Waals surface area contributed by atoms with Gasteiger partial charge in [0, 0.05) is 19.0 Å². The molecule has 1 saturated heterocycles. The van der Waals surface area contributed by atoms with E-state index >= 15 is 0 Å². The summed E-state index contributed by atoms with van der Waals surface area (Å²) >= 11 is 0. The van der Waals surface area contributed by atoms with Crippen LogP contribution in [0.25, 0.3) is 0 Å². The van der Waals surface area contributed by atoms with Crippen LogP contribution >= 0.6 is 0 Å². The fourth-order valence-corrected chi connectivity index (χ4v) is 1.83. The number of rotatable bonds is 2. The van der Waals surface area contributed by atoms with E-state index in [1.165, 1.54) is 6.20 Å². The lowest BCUT2D eigenvalue weighted by molar-refractivity contribution is -0.123. The number of amides is 2. The molecule has 0 aromatic carbocycles. The number of H-pyrrole nitrogens is 1. The van der Waals surface area contributed by atoms with Crippen LogP contribution in [-0.2, 0) is 4.79 Å². The standard InChI is InChI=1S/C9H13N5O2/c10-8(15)6-1-3-14(4-2-6)9(16)7-5-11-13-12-7/h5-6H,1-4H2,(H2,10,15)(H,11,12,13). The maximum Gasteiger partial charge on any atom is 0.276 e. The van der Waals surface area contributed by atoms with Crippen molar-refractivity contribution < 1.29 is 9.59 Å². The van der Waals surface area contributed by atoms with Crippen molar-refractivity contribution >= 4 is 11.8 Å². The van der Waals surface area contributed by atoms with Crippen molar-refractivity contribution in [2.75, 3.05) is 13.1 Å². The molecule has 1 aliphatic heterocycles. The molecule has 2 heterocycles. The van der Waals surface area contributed by atoms with Gasteiger partial charge >= 0.3 is 0 Å². The van der Waals surface area contributed by atoms with Gasteiger partial charge in [0.15, 0.2) is 5.69 Å². The van der Waals surface area contributed by atoms with E-state index in [2.05, 4.69) is 15.4 Å². The number of primary amides is 1. The van der Waals surface area contributed by atoms with Crippen molar-refractivity contribution in [1.82, 2.24) is 20.3 Å². The maximum atomic E-state index is 11.8. The zero-order chi connectivity index (χ0) is 11.5. The monoisotopic (exact) mass is 223 g/mol. The number of nitrogens with zero attached hydrogens (tertiary/aromatic N) is 3. The van der Waals surface area contributed by atoms with Crippen molar-refractivity contribution in [1.29, 1.82) is 0 Å². The van der Waals surface area contributed by atoms with Crippen molar-refractivity contribution in [2.24, 2.45) is 11.7 Å². The molecule has 0 radical (unpaired) electrons. The predicted octanol–water partition coefficient (Wildman–Crippen LogP) is -0.858. The molecular weight excluding hydrogens is 210 g/mol. The second-order valence-corrected chi connectivity index (χ2v) is 3.82. The molecule has 1 aromatic rings. The molecule has 0 bridgehead atoms. The summed E-state index contributed by atoms with van der Waals surface area (Å²) in [5.41, 5.74) is 5.52. The summed E-state index contributed by atoms with van der Waals surface area (Å²) < 4.78 is 0. The summed E-state index contributed by atoms with van der Waals surface area (Å²) in [4.78, 5) is 24.4. The van der Waals surface area contributed by atoms with Gasteiger partial charge in [0.1, 0.15) is 0 Å². The molecule has 0 saturated carbocycles. The Balaban J connectivity index is 1.94. The summed E-state index contributed by atoms with van der Waals surface area (Å²) in [6.45, 7) is 1.08. The Morgan fingerprint density at radius 1 is 1.44 bits per heavy atom. The number of hydrogen-bond donors (Lipinski definition) is 2. The number of hydrogen-bond acceptors (Lipinski definition) is 4. The Morgan fingerprint density at radius 2 is 2.12 bits per heavy atom. The second-order valence-electron chi connectivity index (χ2n) is 3.82. The second kappa shape index (κ2) is 4.30. The average molecular weight is 223 g/mol. The number of aromatic nitrogens is 3. The number of carbonyl (C=O) groups excluding carboxylic acids is 2. The van der Waals surface area contributed by atoms with E-state index < -0.39 is 0 Å². The van der Waals surface area contributed by atoms with Gasteiger partial charge in [0.2, 0.25) is 5.91 Å². The van der Waals surface area contributed by atoms with Gasteiger partial charge in [0.05, 0.1) is 6.20 Å².